The molecule has 2 aromatic rings. The van der Waals surface area contributed by atoms with Crippen molar-refractivity contribution in [1.29, 1.82) is 0 Å². The molecule has 1 unspecified atom stereocenters. The van der Waals surface area contributed by atoms with Gasteiger partial charge in [0.25, 0.3) is 0 Å². The summed E-state index contributed by atoms with van der Waals surface area (Å²) in [7, 11) is -0.971. The van der Waals surface area contributed by atoms with E-state index in [2.05, 4.69) is 5.32 Å². The van der Waals surface area contributed by atoms with E-state index in [4.69, 9.17) is 21.1 Å². The standard InChI is InChI=1S/C27H36ClN3O6S/c1-19(27(33)29-22-10-6-5-7-11-22)30(17-20-9-8-12-23(15-20)36-2)26(32)18-31(38(4,34)35)24-16-21(28)13-14-25(24)37-3/h8-9,12-16,19,22H,5-7,10-11,17-18H2,1-4H3,(H,29,33). The topological polar surface area (TPSA) is 105 Å². The molecular weight excluding hydrogens is 530 g/mol. The minimum atomic E-state index is -3.92. The summed E-state index contributed by atoms with van der Waals surface area (Å²) in [4.78, 5) is 28.5. The summed E-state index contributed by atoms with van der Waals surface area (Å²) in [6, 6.07) is 10.9. The van der Waals surface area contributed by atoms with E-state index in [-0.39, 0.29) is 35.0 Å². The van der Waals surface area contributed by atoms with Crippen LogP contribution in [0.3, 0.4) is 0 Å². The lowest BCUT2D eigenvalue weighted by Gasteiger charge is -2.33. The number of amides is 2. The van der Waals surface area contributed by atoms with Crippen LogP contribution in [0.2, 0.25) is 5.02 Å². The van der Waals surface area contributed by atoms with Gasteiger partial charge in [0.05, 0.1) is 26.2 Å². The average Bonchev–Trinajstić information content (AvgIpc) is 2.89. The number of ether oxygens (including phenoxy) is 2. The normalized spacial score (nSPS) is 14.9. The fourth-order valence-corrected chi connectivity index (χ4v) is 5.58. The van der Waals surface area contributed by atoms with E-state index in [1.807, 2.05) is 6.07 Å². The Morgan fingerprint density at radius 1 is 1.08 bits per heavy atom. The van der Waals surface area contributed by atoms with Gasteiger partial charge in [-0.2, -0.15) is 0 Å². The zero-order chi connectivity index (χ0) is 27.9. The van der Waals surface area contributed by atoms with Gasteiger partial charge in [0.2, 0.25) is 21.8 Å². The molecule has 2 amide bonds. The van der Waals surface area contributed by atoms with E-state index < -0.39 is 28.5 Å². The summed E-state index contributed by atoms with van der Waals surface area (Å²) in [5.74, 6) is 0.0247. The maximum absolute atomic E-state index is 13.8. The predicted octanol–water partition coefficient (Wildman–Crippen LogP) is 3.99. The molecular formula is C27H36ClN3O6S. The van der Waals surface area contributed by atoms with Crippen LogP contribution >= 0.6 is 11.6 Å². The van der Waals surface area contributed by atoms with Crippen molar-refractivity contribution in [3.05, 3.63) is 53.1 Å². The van der Waals surface area contributed by atoms with Gasteiger partial charge in [-0.15, -0.1) is 0 Å². The van der Waals surface area contributed by atoms with E-state index in [0.717, 1.165) is 48.2 Å². The fraction of sp³-hybridized carbons (Fsp3) is 0.481. The van der Waals surface area contributed by atoms with Crippen LogP contribution in [0.1, 0.15) is 44.6 Å². The van der Waals surface area contributed by atoms with Gasteiger partial charge in [-0.1, -0.05) is 43.0 Å². The van der Waals surface area contributed by atoms with Crippen LogP contribution in [0, 0.1) is 0 Å². The Morgan fingerprint density at radius 2 is 1.79 bits per heavy atom. The lowest BCUT2D eigenvalue weighted by atomic mass is 9.95. The van der Waals surface area contributed by atoms with Crippen molar-refractivity contribution in [2.24, 2.45) is 0 Å². The Balaban J connectivity index is 1.93. The molecule has 0 saturated heterocycles. The van der Waals surface area contributed by atoms with Crippen molar-refractivity contribution in [2.75, 3.05) is 31.3 Å². The highest BCUT2D eigenvalue weighted by Gasteiger charge is 2.32. The minimum absolute atomic E-state index is 0.0655. The maximum atomic E-state index is 13.8. The Hall–Kier alpha value is -2.98. The lowest BCUT2D eigenvalue weighted by molar-refractivity contribution is -0.139. The van der Waals surface area contributed by atoms with Crippen LogP contribution < -0.4 is 19.1 Å². The van der Waals surface area contributed by atoms with Crippen LogP contribution in [0.5, 0.6) is 11.5 Å². The summed E-state index contributed by atoms with van der Waals surface area (Å²) in [5, 5.41) is 3.36. The molecule has 0 aliphatic heterocycles. The molecule has 38 heavy (non-hydrogen) atoms. The zero-order valence-corrected chi connectivity index (χ0v) is 23.8. The van der Waals surface area contributed by atoms with Gasteiger partial charge in [-0.25, -0.2) is 8.42 Å². The molecule has 208 valence electrons. The number of sulfonamides is 1. The van der Waals surface area contributed by atoms with Gasteiger partial charge >= 0.3 is 0 Å². The Bertz CT molecular complexity index is 1230. The third-order valence-corrected chi connectivity index (χ3v) is 8.06. The highest BCUT2D eigenvalue weighted by molar-refractivity contribution is 7.92. The Morgan fingerprint density at radius 3 is 2.42 bits per heavy atom. The van der Waals surface area contributed by atoms with E-state index >= 15 is 0 Å². The lowest BCUT2D eigenvalue weighted by Crippen LogP contribution is -2.53. The van der Waals surface area contributed by atoms with Gasteiger partial charge < -0.3 is 19.7 Å². The number of carbonyl (C=O) groups excluding carboxylic acids is 2. The largest absolute Gasteiger partial charge is 0.497 e. The summed E-state index contributed by atoms with van der Waals surface area (Å²) in [6.45, 7) is 1.20. The molecule has 0 heterocycles. The van der Waals surface area contributed by atoms with Crippen molar-refractivity contribution in [3.63, 3.8) is 0 Å². The Labute approximate surface area is 230 Å². The number of nitrogens with one attached hydrogen (secondary N) is 1. The summed E-state index contributed by atoms with van der Waals surface area (Å²) < 4.78 is 37.3. The monoisotopic (exact) mass is 565 g/mol. The molecule has 11 heteroatoms. The molecule has 0 spiro atoms. The van der Waals surface area contributed by atoms with E-state index in [1.165, 1.54) is 24.1 Å². The predicted molar refractivity (Wildman–Crippen MR) is 148 cm³/mol. The van der Waals surface area contributed by atoms with Crippen molar-refractivity contribution in [3.8, 4) is 11.5 Å². The second-order valence-electron chi connectivity index (χ2n) is 9.48. The third kappa shape index (κ3) is 7.77. The van der Waals surface area contributed by atoms with E-state index in [0.29, 0.717) is 5.75 Å². The van der Waals surface area contributed by atoms with Crippen LogP contribution in [0.15, 0.2) is 42.5 Å². The first-order valence-corrected chi connectivity index (χ1v) is 14.8. The van der Waals surface area contributed by atoms with Crippen molar-refractivity contribution in [2.45, 2.75) is 57.7 Å². The number of anilines is 1. The molecule has 1 atom stereocenters. The van der Waals surface area contributed by atoms with Crippen molar-refractivity contribution in [1.82, 2.24) is 10.2 Å². The quantitative estimate of drug-likeness (QED) is 0.442. The second kappa shape index (κ2) is 13.2. The highest BCUT2D eigenvalue weighted by atomic mass is 35.5. The number of nitrogens with zero attached hydrogens (tertiary/aromatic N) is 2. The first-order chi connectivity index (χ1) is 18.0. The molecule has 1 aliphatic rings. The van der Waals surface area contributed by atoms with Gasteiger partial charge in [0, 0.05) is 17.6 Å². The van der Waals surface area contributed by atoms with Crippen LogP contribution in [0.25, 0.3) is 0 Å². The second-order valence-corrected chi connectivity index (χ2v) is 11.8. The Kier molecular flexibility index (Phi) is 10.3. The van der Waals surface area contributed by atoms with Gasteiger partial charge in [-0.3, -0.25) is 13.9 Å². The number of halogens is 1. The molecule has 3 rings (SSSR count). The molecule has 9 nitrogen and oxygen atoms in total. The number of rotatable bonds is 11. The molecule has 1 saturated carbocycles. The summed E-state index contributed by atoms with van der Waals surface area (Å²) >= 11 is 6.15. The smallest absolute Gasteiger partial charge is 0.244 e. The van der Waals surface area contributed by atoms with Crippen LogP contribution in [-0.4, -0.2) is 64.2 Å². The SMILES string of the molecule is COc1cccc(CN(C(=O)CN(c2cc(Cl)ccc2OC)S(C)(=O)=O)C(C)C(=O)NC2CCCCC2)c1. The first-order valence-electron chi connectivity index (χ1n) is 12.6. The van der Waals surface area contributed by atoms with E-state index in [1.54, 1.807) is 38.3 Å². The molecule has 1 fully saturated rings. The highest BCUT2D eigenvalue weighted by Crippen LogP contribution is 2.33. The summed E-state index contributed by atoms with van der Waals surface area (Å²) in [5.41, 5.74) is 0.873. The summed E-state index contributed by atoms with van der Waals surface area (Å²) in [6.07, 6.45) is 6.06. The molecule has 2 aromatic carbocycles. The maximum Gasteiger partial charge on any atom is 0.244 e. The average molecular weight is 566 g/mol. The van der Waals surface area contributed by atoms with Gasteiger partial charge in [0.15, 0.2) is 0 Å². The van der Waals surface area contributed by atoms with Gasteiger partial charge in [0.1, 0.15) is 24.1 Å². The number of benzene rings is 2. The van der Waals surface area contributed by atoms with Gasteiger partial charge in [-0.05, 0) is 55.7 Å². The van der Waals surface area contributed by atoms with Crippen LogP contribution in [0.4, 0.5) is 5.69 Å². The zero-order valence-electron chi connectivity index (χ0n) is 22.3. The molecule has 0 aromatic heterocycles. The van der Waals surface area contributed by atoms with Crippen molar-refractivity contribution < 1.29 is 27.5 Å². The molecule has 1 aliphatic carbocycles. The number of methoxy groups -OCH3 is 2. The first kappa shape index (κ1) is 29.6. The van der Waals surface area contributed by atoms with E-state index in [9.17, 15) is 18.0 Å². The molecule has 1 N–H and O–H groups in total. The number of carbonyl (C=O) groups is 2. The third-order valence-electron chi connectivity index (χ3n) is 6.69. The number of hydrogen-bond donors (Lipinski definition) is 1. The number of hydrogen-bond acceptors (Lipinski definition) is 6. The van der Waals surface area contributed by atoms with Crippen molar-refractivity contribution >= 4 is 39.1 Å². The van der Waals surface area contributed by atoms with Crippen LogP contribution in [-0.2, 0) is 26.2 Å². The molecule has 0 radical (unpaired) electrons. The molecule has 0 bridgehead atoms. The fourth-order valence-electron chi connectivity index (χ4n) is 4.57. The minimum Gasteiger partial charge on any atom is -0.497 e.